The van der Waals surface area contributed by atoms with Gasteiger partial charge in [-0.3, -0.25) is 4.90 Å². The SMILES string of the molecule is COC1CN(CCC(N)c2ccccc2F)CC1OC. The predicted molar refractivity (Wildman–Crippen MR) is 76.0 cm³/mol. The monoisotopic (exact) mass is 282 g/mol. The Morgan fingerprint density at radius 1 is 1.25 bits per heavy atom. The van der Waals surface area contributed by atoms with Crippen molar-refractivity contribution < 1.29 is 13.9 Å². The fourth-order valence-corrected chi connectivity index (χ4v) is 2.71. The molecule has 0 saturated carbocycles. The van der Waals surface area contributed by atoms with Crippen molar-refractivity contribution in [1.82, 2.24) is 4.90 Å². The molecule has 1 aromatic rings. The van der Waals surface area contributed by atoms with E-state index in [4.69, 9.17) is 15.2 Å². The number of halogens is 1. The molecule has 3 unspecified atom stereocenters. The molecule has 1 saturated heterocycles. The van der Waals surface area contributed by atoms with Crippen molar-refractivity contribution in [2.24, 2.45) is 5.73 Å². The maximum absolute atomic E-state index is 13.6. The second-order valence-corrected chi connectivity index (χ2v) is 5.22. The molecule has 0 amide bonds. The third-order valence-electron chi connectivity index (χ3n) is 3.96. The Morgan fingerprint density at radius 3 is 2.40 bits per heavy atom. The highest BCUT2D eigenvalue weighted by molar-refractivity contribution is 5.20. The first-order valence-electron chi connectivity index (χ1n) is 6.93. The molecule has 3 atom stereocenters. The molecule has 4 nitrogen and oxygen atoms in total. The molecule has 0 aliphatic carbocycles. The van der Waals surface area contributed by atoms with Crippen molar-refractivity contribution >= 4 is 0 Å². The van der Waals surface area contributed by atoms with Crippen LogP contribution in [0.15, 0.2) is 24.3 Å². The molecule has 1 fully saturated rings. The van der Waals surface area contributed by atoms with Gasteiger partial charge in [0, 0.05) is 45.5 Å². The van der Waals surface area contributed by atoms with Crippen LogP contribution in [0.4, 0.5) is 4.39 Å². The summed E-state index contributed by atoms with van der Waals surface area (Å²) in [6.45, 7) is 2.48. The van der Waals surface area contributed by atoms with Crippen molar-refractivity contribution in [3.8, 4) is 0 Å². The third kappa shape index (κ3) is 3.55. The fraction of sp³-hybridized carbons (Fsp3) is 0.600. The van der Waals surface area contributed by atoms with Gasteiger partial charge in [0.25, 0.3) is 0 Å². The maximum Gasteiger partial charge on any atom is 0.127 e. The van der Waals surface area contributed by atoms with Crippen LogP contribution in [0.1, 0.15) is 18.0 Å². The Labute approximate surface area is 119 Å². The van der Waals surface area contributed by atoms with Gasteiger partial charge in [-0.1, -0.05) is 18.2 Å². The molecule has 0 radical (unpaired) electrons. The second kappa shape index (κ2) is 7.13. The molecule has 1 aromatic carbocycles. The molecule has 0 spiro atoms. The number of nitrogens with zero attached hydrogens (tertiary/aromatic N) is 1. The summed E-state index contributed by atoms with van der Waals surface area (Å²) in [4.78, 5) is 2.25. The maximum atomic E-state index is 13.6. The number of hydrogen-bond acceptors (Lipinski definition) is 4. The minimum Gasteiger partial charge on any atom is -0.377 e. The van der Waals surface area contributed by atoms with E-state index in [0.29, 0.717) is 12.0 Å². The van der Waals surface area contributed by atoms with Crippen molar-refractivity contribution in [3.05, 3.63) is 35.6 Å². The quantitative estimate of drug-likeness (QED) is 0.860. The molecular weight excluding hydrogens is 259 g/mol. The molecule has 1 aliphatic heterocycles. The molecule has 1 heterocycles. The molecular formula is C15H23FN2O2. The molecule has 112 valence electrons. The van der Waals surface area contributed by atoms with Gasteiger partial charge in [-0.2, -0.15) is 0 Å². The van der Waals surface area contributed by atoms with Gasteiger partial charge in [-0.05, 0) is 12.5 Å². The highest BCUT2D eigenvalue weighted by atomic mass is 19.1. The number of hydrogen-bond donors (Lipinski definition) is 1. The Balaban J connectivity index is 1.85. The standard InChI is InChI=1S/C15H23FN2O2/c1-19-14-9-18(10-15(14)20-2)8-7-13(17)11-5-3-4-6-12(11)16/h3-6,13-15H,7-10,17H2,1-2H3. The van der Waals surface area contributed by atoms with Gasteiger partial charge in [-0.25, -0.2) is 4.39 Å². The van der Waals surface area contributed by atoms with E-state index >= 15 is 0 Å². The predicted octanol–water partition coefficient (Wildman–Crippen LogP) is 1.56. The summed E-state index contributed by atoms with van der Waals surface area (Å²) in [5.41, 5.74) is 6.66. The van der Waals surface area contributed by atoms with Crippen LogP contribution in [-0.4, -0.2) is 51.0 Å². The summed E-state index contributed by atoms with van der Waals surface area (Å²) in [6.07, 6.45) is 0.919. The smallest absolute Gasteiger partial charge is 0.127 e. The topological polar surface area (TPSA) is 47.7 Å². The Hall–Kier alpha value is -1.01. The summed E-state index contributed by atoms with van der Waals surface area (Å²) < 4.78 is 24.4. The van der Waals surface area contributed by atoms with Gasteiger partial charge >= 0.3 is 0 Å². The first-order chi connectivity index (χ1) is 9.65. The lowest BCUT2D eigenvalue weighted by atomic mass is 10.0. The van der Waals surface area contributed by atoms with Crippen molar-refractivity contribution in [2.45, 2.75) is 24.7 Å². The molecule has 1 aliphatic rings. The lowest BCUT2D eigenvalue weighted by molar-refractivity contribution is -0.00461. The summed E-state index contributed by atoms with van der Waals surface area (Å²) in [5.74, 6) is -0.231. The molecule has 2 N–H and O–H groups in total. The third-order valence-corrected chi connectivity index (χ3v) is 3.96. The van der Waals surface area contributed by atoms with Gasteiger partial charge in [0.15, 0.2) is 0 Å². The van der Waals surface area contributed by atoms with E-state index in [9.17, 15) is 4.39 Å². The zero-order chi connectivity index (χ0) is 14.5. The lowest BCUT2D eigenvalue weighted by Gasteiger charge is -2.19. The number of rotatable bonds is 6. The van der Waals surface area contributed by atoms with Crippen LogP contribution in [0.25, 0.3) is 0 Å². The number of methoxy groups -OCH3 is 2. The lowest BCUT2D eigenvalue weighted by Crippen LogP contribution is -2.27. The Bertz CT molecular complexity index is 418. The largest absolute Gasteiger partial charge is 0.377 e. The summed E-state index contributed by atoms with van der Waals surface area (Å²) >= 11 is 0. The van der Waals surface area contributed by atoms with E-state index in [0.717, 1.165) is 19.6 Å². The molecule has 5 heteroatoms. The Kier molecular flexibility index (Phi) is 5.48. The van der Waals surface area contributed by atoms with Crippen molar-refractivity contribution in [3.63, 3.8) is 0 Å². The minimum absolute atomic E-state index is 0.102. The molecule has 0 aromatic heterocycles. The van der Waals surface area contributed by atoms with E-state index in [1.165, 1.54) is 6.07 Å². The second-order valence-electron chi connectivity index (χ2n) is 5.22. The van der Waals surface area contributed by atoms with Gasteiger partial charge < -0.3 is 15.2 Å². The van der Waals surface area contributed by atoms with Crippen LogP contribution >= 0.6 is 0 Å². The average molecular weight is 282 g/mol. The Morgan fingerprint density at radius 2 is 1.85 bits per heavy atom. The van der Waals surface area contributed by atoms with E-state index in [1.807, 2.05) is 6.07 Å². The van der Waals surface area contributed by atoms with E-state index < -0.39 is 0 Å². The van der Waals surface area contributed by atoms with E-state index in [2.05, 4.69) is 4.90 Å². The van der Waals surface area contributed by atoms with Crippen LogP contribution in [0.3, 0.4) is 0 Å². The first kappa shape index (κ1) is 15.4. The zero-order valence-electron chi connectivity index (χ0n) is 12.1. The average Bonchev–Trinajstić information content (AvgIpc) is 2.87. The summed E-state index contributed by atoms with van der Waals surface area (Å²) in [7, 11) is 3.40. The molecule has 2 rings (SSSR count). The van der Waals surface area contributed by atoms with Gasteiger partial charge in [0.05, 0.1) is 12.2 Å². The van der Waals surface area contributed by atoms with Gasteiger partial charge in [0.1, 0.15) is 5.82 Å². The molecule has 0 bridgehead atoms. The number of benzene rings is 1. The van der Waals surface area contributed by atoms with Crippen LogP contribution < -0.4 is 5.73 Å². The van der Waals surface area contributed by atoms with E-state index in [1.54, 1.807) is 26.4 Å². The van der Waals surface area contributed by atoms with Crippen LogP contribution in [0.5, 0.6) is 0 Å². The fourth-order valence-electron chi connectivity index (χ4n) is 2.71. The summed E-state index contributed by atoms with van der Waals surface area (Å²) in [6, 6.07) is 6.42. The van der Waals surface area contributed by atoms with Gasteiger partial charge in [-0.15, -0.1) is 0 Å². The number of nitrogens with two attached hydrogens (primary N) is 1. The minimum atomic E-state index is -0.279. The normalized spacial score (nSPS) is 25.0. The van der Waals surface area contributed by atoms with Crippen molar-refractivity contribution in [2.75, 3.05) is 33.9 Å². The van der Waals surface area contributed by atoms with E-state index in [-0.39, 0.29) is 24.1 Å². The van der Waals surface area contributed by atoms with Crippen molar-refractivity contribution in [1.29, 1.82) is 0 Å². The first-order valence-corrected chi connectivity index (χ1v) is 6.93. The highest BCUT2D eigenvalue weighted by Crippen LogP contribution is 2.20. The number of ether oxygens (including phenoxy) is 2. The zero-order valence-corrected chi connectivity index (χ0v) is 12.1. The van der Waals surface area contributed by atoms with Crippen LogP contribution in [0.2, 0.25) is 0 Å². The molecule has 20 heavy (non-hydrogen) atoms. The highest BCUT2D eigenvalue weighted by Gasteiger charge is 2.32. The van der Waals surface area contributed by atoms with Gasteiger partial charge in [0.2, 0.25) is 0 Å². The van der Waals surface area contributed by atoms with Crippen LogP contribution in [0, 0.1) is 5.82 Å². The van der Waals surface area contributed by atoms with Crippen LogP contribution in [-0.2, 0) is 9.47 Å². The number of likely N-dealkylation sites (tertiary alicyclic amines) is 1. The summed E-state index contributed by atoms with van der Waals surface area (Å²) in [5, 5.41) is 0.